The second kappa shape index (κ2) is 4.29. The first-order valence-electron chi connectivity index (χ1n) is 6.05. The van der Waals surface area contributed by atoms with Gasteiger partial charge in [-0.25, -0.2) is 9.97 Å². The zero-order valence-corrected chi connectivity index (χ0v) is 10.6. The van der Waals surface area contributed by atoms with Gasteiger partial charge in [-0.15, -0.1) is 0 Å². The number of benzene rings is 1. The molecule has 2 heterocycles. The number of aromatic nitrogens is 2. The molecule has 0 spiro atoms. The second-order valence-corrected chi connectivity index (χ2v) is 4.39. The summed E-state index contributed by atoms with van der Waals surface area (Å²) < 4.78 is 5.60. The summed E-state index contributed by atoms with van der Waals surface area (Å²) in [6, 6.07) is 8.32. The Morgan fingerprint density at radius 3 is 2.89 bits per heavy atom. The molecule has 1 aliphatic heterocycles. The van der Waals surface area contributed by atoms with Crippen LogP contribution in [0, 0.1) is 13.8 Å². The van der Waals surface area contributed by atoms with Crippen LogP contribution < -0.4 is 9.64 Å². The molecule has 0 saturated carbocycles. The first-order valence-corrected chi connectivity index (χ1v) is 6.05. The molecule has 1 aliphatic rings. The van der Waals surface area contributed by atoms with Crippen LogP contribution in [-0.2, 0) is 0 Å². The molecular weight excluding hydrogens is 226 g/mol. The molecule has 0 atom stereocenters. The minimum atomic E-state index is 0.660. The van der Waals surface area contributed by atoms with Crippen molar-refractivity contribution in [3.8, 4) is 5.75 Å². The molecule has 0 N–H and O–H groups in total. The van der Waals surface area contributed by atoms with E-state index in [9.17, 15) is 0 Å². The summed E-state index contributed by atoms with van der Waals surface area (Å²) in [5.41, 5.74) is 2.42. The minimum absolute atomic E-state index is 0.660. The Kier molecular flexibility index (Phi) is 2.63. The zero-order chi connectivity index (χ0) is 12.5. The van der Waals surface area contributed by atoms with E-state index in [1.54, 1.807) is 6.20 Å². The van der Waals surface area contributed by atoms with E-state index < -0.39 is 0 Å². The van der Waals surface area contributed by atoms with Crippen molar-refractivity contribution in [2.24, 2.45) is 0 Å². The van der Waals surface area contributed by atoms with Gasteiger partial charge in [-0.2, -0.15) is 0 Å². The molecule has 1 aromatic carbocycles. The molecule has 0 bridgehead atoms. The zero-order valence-electron chi connectivity index (χ0n) is 10.6. The van der Waals surface area contributed by atoms with Crippen molar-refractivity contribution in [2.75, 3.05) is 18.1 Å². The Labute approximate surface area is 106 Å². The largest absolute Gasteiger partial charge is 0.486 e. The first kappa shape index (κ1) is 11.0. The molecule has 18 heavy (non-hydrogen) atoms. The van der Waals surface area contributed by atoms with Gasteiger partial charge in [-0.05, 0) is 25.5 Å². The second-order valence-electron chi connectivity index (χ2n) is 4.39. The van der Waals surface area contributed by atoms with Crippen LogP contribution in [0.2, 0.25) is 0 Å². The highest BCUT2D eigenvalue weighted by Crippen LogP contribution is 2.35. The Morgan fingerprint density at radius 1 is 1.22 bits per heavy atom. The molecule has 0 amide bonds. The molecule has 0 fully saturated rings. The Balaban J connectivity index is 2.11. The number of hydrogen-bond acceptors (Lipinski definition) is 4. The summed E-state index contributed by atoms with van der Waals surface area (Å²) in [4.78, 5) is 10.9. The number of anilines is 2. The highest BCUT2D eigenvalue weighted by atomic mass is 16.5. The number of fused-ring (bicyclic) bond motifs is 1. The van der Waals surface area contributed by atoms with Crippen LogP contribution in [0.15, 0.2) is 30.5 Å². The third kappa shape index (κ3) is 1.79. The van der Waals surface area contributed by atoms with Crippen LogP contribution in [0.4, 0.5) is 11.5 Å². The maximum Gasteiger partial charge on any atom is 0.180 e. The average molecular weight is 241 g/mol. The van der Waals surface area contributed by atoms with Crippen molar-refractivity contribution in [1.82, 2.24) is 9.97 Å². The Hall–Kier alpha value is -2.10. The predicted molar refractivity (Wildman–Crippen MR) is 70.4 cm³/mol. The summed E-state index contributed by atoms with van der Waals surface area (Å²) in [6.45, 7) is 5.48. The fraction of sp³-hybridized carbons (Fsp3) is 0.286. The molecule has 0 aliphatic carbocycles. The van der Waals surface area contributed by atoms with Crippen molar-refractivity contribution in [3.63, 3.8) is 0 Å². The van der Waals surface area contributed by atoms with Crippen LogP contribution in [0.3, 0.4) is 0 Å². The lowest BCUT2D eigenvalue weighted by Crippen LogP contribution is -2.30. The van der Waals surface area contributed by atoms with Crippen molar-refractivity contribution in [3.05, 3.63) is 41.9 Å². The maximum atomic E-state index is 5.60. The molecule has 3 rings (SSSR count). The standard InChI is InChI=1S/C14H15N3O/c1-10-5-3-4-6-12(10)17-7-8-18-13-9-15-11(2)16-14(13)17/h3-6,9H,7-8H2,1-2H3. The molecule has 4 nitrogen and oxygen atoms in total. The number of hydrogen-bond donors (Lipinski definition) is 0. The molecule has 4 heteroatoms. The van der Waals surface area contributed by atoms with Gasteiger partial charge in [0, 0.05) is 5.69 Å². The SMILES string of the molecule is Cc1ncc2c(n1)N(c1ccccc1C)CCO2. The quantitative estimate of drug-likeness (QED) is 0.769. The van der Waals surface area contributed by atoms with E-state index in [-0.39, 0.29) is 0 Å². The van der Waals surface area contributed by atoms with Crippen LogP contribution in [-0.4, -0.2) is 23.1 Å². The number of rotatable bonds is 1. The van der Waals surface area contributed by atoms with Gasteiger partial charge in [0.05, 0.1) is 12.7 Å². The lowest BCUT2D eigenvalue weighted by atomic mass is 10.1. The molecule has 0 saturated heterocycles. The van der Waals surface area contributed by atoms with E-state index >= 15 is 0 Å². The smallest absolute Gasteiger partial charge is 0.180 e. The lowest BCUT2D eigenvalue weighted by molar-refractivity contribution is 0.310. The lowest BCUT2D eigenvalue weighted by Gasteiger charge is -2.30. The minimum Gasteiger partial charge on any atom is -0.486 e. The van der Waals surface area contributed by atoms with Gasteiger partial charge < -0.3 is 9.64 Å². The van der Waals surface area contributed by atoms with E-state index in [1.165, 1.54) is 11.3 Å². The fourth-order valence-corrected chi connectivity index (χ4v) is 2.20. The van der Waals surface area contributed by atoms with Gasteiger partial charge >= 0.3 is 0 Å². The summed E-state index contributed by atoms with van der Waals surface area (Å²) >= 11 is 0. The molecule has 0 unspecified atom stereocenters. The highest BCUT2D eigenvalue weighted by molar-refractivity contribution is 5.68. The van der Waals surface area contributed by atoms with Gasteiger partial charge in [0.1, 0.15) is 12.4 Å². The van der Waals surface area contributed by atoms with Crippen LogP contribution >= 0.6 is 0 Å². The fourth-order valence-electron chi connectivity index (χ4n) is 2.20. The van der Waals surface area contributed by atoms with Crippen molar-refractivity contribution < 1.29 is 4.74 Å². The summed E-state index contributed by atoms with van der Waals surface area (Å²) in [5, 5.41) is 0. The van der Waals surface area contributed by atoms with Crippen LogP contribution in [0.1, 0.15) is 11.4 Å². The topological polar surface area (TPSA) is 38.2 Å². The number of nitrogens with zero attached hydrogens (tertiary/aromatic N) is 3. The van der Waals surface area contributed by atoms with Gasteiger partial charge in [0.15, 0.2) is 11.6 Å². The van der Waals surface area contributed by atoms with E-state index in [2.05, 4.69) is 33.9 Å². The van der Waals surface area contributed by atoms with Gasteiger partial charge in [0.2, 0.25) is 0 Å². The highest BCUT2D eigenvalue weighted by Gasteiger charge is 2.22. The molecule has 2 aromatic rings. The van der Waals surface area contributed by atoms with E-state index in [4.69, 9.17) is 4.74 Å². The van der Waals surface area contributed by atoms with E-state index in [1.807, 2.05) is 19.1 Å². The van der Waals surface area contributed by atoms with Gasteiger partial charge in [-0.3, -0.25) is 0 Å². The third-order valence-corrected chi connectivity index (χ3v) is 3.09. The van der Waals surface area contributed by atoms with Crippen molar-refractivity contribution in [1.29, 1.82) is 0 Å². The average Bonchev–Trinajstić information content (AvgIpc) is 2.39. The maximum absolute atomic E-state index is 5.60. The van der Waals surface area contributed by atoms with E-state index in [0.717, 1.165) is 23.9 Å². The Bertz CT molecular complexity index is 583. The summed E-state index contributed by atoms with van der Waals surface area (Å²) in [5.74, 6) is 2.39. The molecule has 92 valence electrons. The number of aryl methyl sites for hydroxylation is 2. The number of para-hydroxylation sites is 1. The predicted octanol–water partition coefficient (Wildman–Crippen LogP) is 2.62. The molecule has 1 aromatic heterocycles. The molecule has 0 radical (unpaired) electrons. The van der Waals surface area contributed by atoms with Crippen molar-refractivity contribution >= 4 is 11.5 Å². The van der Waals surface area contributed by atoms with Gasteiger partial charge in [-0.1, -0.05) is 18.2 Å². The molecular formula is C14H15N3O. The monoisotopic (exact) mass is 241 g/mol. The van der Waals surface area contributed by atoms with Crippen LogP contribution in [0.5, 0.6) is 5.75 Å². The van der Waals surface area contributed by atoms with E-state index in [0.29, 0.717) is 6.61 Å². The van der Waals surface area contributed by atoms with Crippen molar-refractivity contribution in [2.45, 2.75) is 13.8 Å². The van der Waals surface area contributed by atoms with Crippen LogP contribution in [0.25, 0.3) is 0 Å². The van der Waals surface area contributed by atoms with Gasteiger partial charge in [0.25, 0.3) is 0 Å². The summed E-state index contributed by atoms with van der Waals surface area (Å²) in [7, 11) is 0. The first-order chi connectivity index (χ1) is 8.75. The Morgan fingerprint density at radius 2 is 2.06 bits per heavy atom. The summed E-state index contributed by atoms with van der Waals surface area (Å²) in [6.07, 6.45) is 1.75. The third-order valence-electron chi connectivity index (χ3n) is 3.09. The normalized spacial score (nSPS) is 14.0. The number of ether oxygens (including phenoxy) is 1.